The molecule has 0 unspecified atom stereocenters. The topological polar surface area (TPSA) is 217 Å². The molecule has 0 aromatic heterocycles. The van der Waals surface area contributed by atoms with Gasteiger partial charge in [0.1, 0.15) is 18.7 Å². The van der Waals surface area contributed by atoms with Gasteiger partial charge in [-0.1, -0.05) is 5.04 Å². The van der Waals surface area contributed by atoms with Gasteiger partial charge in [0.15, 0.2) is 18.1 Å². The molecule has 3 rings (SSSR count). The fourth-order valence-electron chi connectivity index (χ4n) is 4.13. The number of nitrogens with zero attached hydrogens (tertiary/aromatic N) is 2. The van der Waals surface area contributed by atoms with E-state index in [-0.39, 0.29) is 31.6 Å². The van der Waals surface area contributed by atoms with Crippen molar-refractivity contribution in [2.24, 2.45) is 16.5 Å². The smallest absolute Gasteiger partial charge is 0.346 e. The van der Waals surface area contributed by atoms with Crippen LogP contribution in [0.5, 0.6) is 0 Å². The molecule has 14 nitrogen and oxygen atoms in total. The first-order chi connectivity index (χ1) is 12.7. The highest BCUT2D eigenvalue weighted by molar-refractivity contribution is 5.83. The van der Waals surface area contributed by atoms with Crippen LogP contribution in [0.3, 0.4) is 0 Å². The number of ether oxygens (including phenoxy) is 1. The van der Waals surface area contributed by atoms with Crippen LogP contribution in [-0.4, -0.2) is 91.9 Å². The predicted molar refractivity (Wildman–Crippen MR) is 85.5 cm³/mol. The van der Waals surface area contributed by atoms with Gasteiger partial charge in [-0.15, -0.1) is 0 Å². The first-order valence-corrected chi connectivity index (χ1v) is 8.16. The van der Waals surface area contributed by atoms with E-state index in [0.29, 0.717) is 0 Å². The number of guanidine groups is 2. The second-order valence-electron chi connectivity index (χ2n) is 6.56. The third-order valence-electron chi connectivity index (χ3n) is 5.06. The highest BCUT2D eigenvalue weighted by Crippen LogP contribution is 2.46. The van der Waals surface area contributed by atoms with Crippen molar-refractivity contribution in [1.82, 2.24) is 10.6 Å². The van der Waals surface area contributed by atoms with Crippen molar-refractivity contribution in [1.29, 1.82) is 0 Å². The summed E-state index contributed by atoms with van der Waals surface area (Å²) in [5.41, 5.74) is 10.1. The van der Waals surface area contributed by atoms with E-state index in [0.717, 1.165) is 0 Å². The van der Waals surface area contributed by atoms with E-state index in [1.807, 2.05) is 0 Å². The van der Waals surface area contributed by atoms with Gasteiger partial charge in [-0.25, -0.2) is 14.8 Å². The predicted octanol–water partition coefficient (Wildman–Crippen LogP) is -4.93. The molecule has 5 atom stereocenters. The molecule has 0 aliphatic carbocycles. The highest BCUT2D eigenvalue weighted by atomic mass is 17.5. The van der Waals surface area contributed by atoms with Crippen LogP contribution in [0, 0.1) is 0 Å². The average molecular weight is 391 g/mol. The largest absolute Gasteiger partial charge is 0.462 e. The Kier molecular flexibility index (Phi) is 4.87. The zero-order chi connectivity index (χ0) is 20.0. The fourth-order valence-corrected chi connectivity index (χ4v) is 4.13. The molecule has 27 heavy (non-hydrogen) atoms. The second-order valence-corrected chi connectivity index (χ2v) is 6.56. The maximum absolute atomic E-state index is 11.2. The standard InChI is InChI=1S/C13H22N6O8/c1-5(21)25-4-6-8-12(18-10(14)17-8)13(22,23)9(26-27-24)7(2-3-20)19(12)11(15)16-6/h6-9,20,22-23H,2-4H2,1H3,(H6,14,15,16,17,18,24)/p+1/t6-,7-,8-,9-,12-/m0/s1. The summed E-state index contributed by atoms with van der Waals surface area (Å²) >= 11 is 0. The molecule has 1 fully saturated rings. The maximum Gasteiger partial charge on any atom is 0.346 e. The van der Waals surface area contributed by atoms with Crippen molar-refractivity contribution in [2.75, 3.05) is 13.2 Å². The van der Waals surface area contributed by atoms with Crippen molar-refractivity contribution in [3.8, 4) is 0 Å². The first-order valence-electron chi connectivity index (χ1n) is 8.16. The zero-order valence-corrected chi connectivity index (χ0v) is 14.4. The maximum atomic E-state index is 11.2. The summed E-state index contributed by atoms with van der Waals surface area (Å²) in [5, 5.41) is 49.4. The summed E-state index contributed by atoms with van der Waals surface area (Å²) in [6.07, 6.45) is -1.59. The number of carbonyl (C=O) groups excluding carboxylic acids is 1. The molecule has 0 radical (unpaired) electrons. The Balaban J connectivity index is 2.12. The van der Waals surface area contributed by atoms with Crippen LogP contribution in [-0.2, 0) is 19.5 Å². The lowest BCUT2D eigenvalue weighted by atomic mass is 9.86. The van der Waals surface area contributed by atoms with Crippen LogP contribution in [0.25, 0.3) is 0 Å². The second kappa shape index (κ2) is 6.74. The fraction of sp³-hybridized carbons (Fsp3) is 0.769. The van der Waals surface area contributed by atoms with Gasteiger partial charge in [-0.2, -0.15) is 4.89 Å². The number of rotatable bonds is 6. The third kappa shape index (κ3) is 2.69. The van der Waals surface area contributed by atoms with E-state index in [1.165, 1.54) is 11.5 Å². The normalized spacial score (nSPS) is 36.4. The average Bonchev–Trinajstić information content (AvgIpc) is 3.02. The SMILES string of the molecule is CC(=O)OC[C@@H]1NC(N)=[N+]2[C@@H](CCO)[C@H](OOO)C(O)(O)[C@@]23NC(N)=N[C@@H]13. The molecule has 0 aromatic rings. The van der Waals surface area contributed by atoms with Gasteiger partial charge in [-0.3, -0.25) is 15.8 Å². The monoisotopic (exact) mass is 391 g/mol. The van der Waals surface area contributed by atoms with E-state index in [1.54, 1.807) is 0 Å². The lowest BCUT2D eigenvalue weighted by molar-refractivity contribution is -0.652. The molecule has 3 aliphatic rings. The van der Waals surface area contributed by atoms with E-state index in [9.17, 15) is 20.1 Å². The van der Waals surface area contributed by atoms with Gasteiger partial charge in [-0.05, 0) is 0 Å². The first kappa shape index (κ1) is 19.5. The lowest BCUT2D eigenvalue weighted by Crippen LogP contribution is -2.79. The number of aliphatic hydroxyl groups excluding tert-OH is 1. The minimum Gasteiger partial charge on any atom is -0.462 e. The van der Waals surface area contributed by atoms with Crippen molar-refractivity contribution in [2.45, 2.75) is 49.0 Å². The minimum atomic E-state index is -2.74. The summed E-state index contributed by atoms with van der Waals surface area (Å²) < 4.78 is 6.33. The summed E-state index contributed by atoms with van der Waals surface area (Å²) in [7, 11) is 0. The quantitative estimate of drug-likeness (QED) is 0.0702. The molecule has 10 N–H and O–H groups in total. The minimum absolute atomic E-state index is 0.0239. The number of nitrogens with two attached hydrogens (primary N) is 2. The molecule has 0 aromatic carbocycles. The molecular weight excluding hydrogens is 368 g/mol. The van der Waals surface area contributed by atoms with E-state index in [4.69, 9.17) is 21.5 Å². The van der Waals surface area contributed by atoms with Gasteiger partial charge >= 0.3 is 11.9 Å². The molecule has 3 heterocycles. The van der Waals surface area contributed by atoms with Crippen LogP contribution in [0.2, 0.25) is 0 Å². The molecule has 152 valence electrons. The Morgan fingerprint density at radius 3 is 2.70 bits per heavy atom. The van der Waals surface area contributed by atoms with Crippen molar-refractivity contribution in [3.63, 3.8) is 0 Å². The molecule has 0 amide bonds. The number of carbonyl (C=O) groups is 1. The van der Waals surface area contributed by atoms with Crippen molar-refractivity contribution >= 4 is 17.9 Å². The van der Waals surface area contributed by atoms with E-state index >= 15 is 0 Å². The summed E-state index contributed by atoms with van der Waals surface area (Å²) in [6.45, 7) is 0.682. The molecule has 0 saturated carbocycles. The van der Waals surface area contributed by atoms with Crippen molar-refractivity contribution < 1.29 is 44.6 Å². The number of hydrogen-bond donors (Lipinski definition) is 8. The van der Waals surface area contributed by atoms with E-state index in [2.05, 4.69) is 25.6 Å². The van der Waals surface area contributed by atoms with Gasteiger partial charge in [0.05, 0.1) is 0 Å². The summed E-state index contributed by atoms with van der Waals surface area (Å²) in [6, 6.07) is -2.70. The van der Waals surface area contributed by atoms with Crippen LogP contribution >= 0.6 is 0 Å². The Morgan fingerprint density at radius 2 is 2.11 bits per heavy atom. The Hall–Kier alpha value is -2.23. The van der Waals surface area contributed by atoms with Gasteiger partial charge in [0, 0.05) is 20.0 Å². The van der Waals surface area contributed by atoms with Crippen LogP contribution < -0.4 is 22.1 Å². The summed E-state index contributed by atoms with van der Waals surface area (Å²) in [5.74, 6) is -3.44. The van der Waals surface area contributed by atoms with Gasteiger partial charge in [0.2, 0.25) is 5.66 Å². The lowest BCUT2D eigenvalue weighted by Gasteiger charge is -2.43. The number of nitrogens with one attached hydrogen (secondary N) is 2. The molecule has 14 heteroatoms. The van der Waals surface area contributed by atoms with Crippen LogP contribution in [0.1, 0.15) is 13.3 Å². The Labute approximate surface area is 152 Å². The highest BCUT2D eigenvalue weighted by Gasteiger charge is 2.78. The van der Waals surface area contributed by atoms with Crippen LogP contribution in [0.4, 0.5) is 0 Å². The Bertz CT molecular complexity index is 684. The molecule has 1 spiro atoms. The Morgan fingerprint density at radius 1 is 1.41 bits per heavy atom. The third-order valence-corrected chi connectivity index (χ3v) is 5.06. The zero-order valence-electron chi connectivity index (χ0n) is 14.4. The molecule has 1 saturated heterocycles. The van der Waals surface area contributed by atoms with Gasteiger partial charge < -0.3 is 31.1 Å². The van der Waals surface area contributed by atoms with Crippen LogP contribution in [0.15, 0.2) is 4.99 Å². The van der Waals surface area contributed by atoms with E-state index < -0.39 is 41.6 Å². The molecule has 3 aliphatic heterocycles. The van der Waals surface area contributed by atoms with Gasteiger partial charge in [0.25, 0.3) is 5.79 Å². The number of esters is 1. The number of hydrogen-bond acceptors (Lipinski definition) is 13. The van der Waals surface area contributed by atoms with Crippen molar-refractivity contribution in [3.05, 3.63) is 0 Å². The number of aliphatic imine (C=N–C) groups is 1. The number of aliphatic hydroxyl groups is 3. The molecular formula is C13H23N6O8+. The molecule has 0 bridgehead atoms. The summed E-state index contributed by atoms with van der Waals surface area (Å²) in [4.78, 5) is 20.1.